The van der Waals surface area contributed by atoms with E-state index in [1.54, 1.807) is 9.80 Å². The van der Waals surface area contributed by atoms with Crippen LogP contribution >= 0.6 is 0 Å². The maximum Gasteiger partial charge on any atom is 0.312 e. The van der Waals surface area contributed by atoms with Gasteiger partial charge in [-0.05, 0) is 17.7 Å². The van der Waals surface area contributed by atoms with Crippen molar-refractivity contribution in [1.29, 1.82) is 0 Å². The average Bonchev–Trinajstić information content (AvgIpc) is 3.22. The molecule has 3 aliphatic rings. The second-order valence-corrected chi connectivity index (χ2v) is 7.61. The van der Waals surface area contributed by atoms with Gasteiger partial charge in [-0.25, -0.2) is 0 Å². The summed E-state index contributed by atoms with van der Waals surface area (Å²) >= 11 is 0. The number of ether oxygens (including phenoxy) is 2. The molecular weight excluding hydrogens is 376 g/mol. The van der Waals surface area contributed by atoms with Crippen molar-refractivity contribution in [1.82, 2.24) is 19.6 Å². The highest BCUT2D eigenvalue weighted by molar-refractivity contribution is 6.34. The number of amides is 2. The fourth-order valence-electron chi connectivity index (χ4n) is 3.99. The molecule has 3 aliphatic heterocycles. The lowest BCUT2D eigenvalue weighted by Crippen LogP contribution is -2.56. The number of hydrogen-bond acceptors (Lipinski definition) is 7. The molecule has 2 fully saturated rings. The minimum absolute atomic E-state index is 0.114. The molecule has 2 amide bonds. The molecule has 9 nitrogen and oxygen atoms in total. The van der Waals surface area contributed by atoms with E-state index in [1.807, 2.05) is 18.2 Å². The van der Waals surface area contributed by atoms with Crippen LogP contribution in [0.25, 0.3) is 0 Å². The first-order chi connectivity index (χ1) is 14.1. The van der Waals surface area contributed by atoms with Crippen molar-refractivity contribution in [2.24, 2.45) is 0 Å². The number of benzene rings is 1. The molecule has 158 valence electrons. The van der Waals surface area contributed by atoms with Crippen molar-refractivity contribution < 1.29 is 24.2 Å². The van der Waals surface area contributed by atoms with Crippen LogP contribution in [-0.2, 0) is 16.1 Å². The Kier molecular flexibility index (Phi) is 6.17. The first-order valence-corrected chi connectivity index (χ1v) is 10.2. The zero-order valence-corrected chi connectivity index (χ0v) is 16.6. The van der Waals surface area contributed by atoms with Gasteiger partial charge >= 0.3 is 11.8 Å². The van der Waals surface area contributed by atoms with Crippen LogP contribution in [0.4, 0.5) is 0 Å². The molecule has 0 bridgehead atoms. The summed E-state index contributed by atoms with van der Waals surface area (Å²) in [5.74, 6) is 0.752. The Morgan fingerprint density at radius 3 is 2.03 bits per heavy atom. The first kappa shape index (κ1) is 19.9. The van der Waals surface area contributed by atoms with Crippen molar-refractivity contribution in [3.8, 4) is 11.5 Å². The molecule has 0 aromatic heterocycles. The summed E-state index contributed by atoms with van der Waals surface area (Å²) in [6, 6.07) is 5.96. The molecule has 1 aromatic carbocycles. The van der Waals surface area contributed by atoms with Crippen LogP contribution in [0.2, 0.25) is 0 Å². The molecule has 9 heteroatoms. The Balaban J connectivity index is 1.24. The summed E-state index contributed by atoms with van der Waals surface area (Å²) < 4.78 is 10.8. The molecule has 0 radical (unpaired) electrons. The third-order valence-corrected chi connectivity index (χ3v) is 5.76. The van der Waals surface area contributed by atoms with Gasteiger partial charge in [0.15, 0.2) is 11.5 Å². The Labute approximate surface area is 170 Å². The average molecular weight is 404 g/mol. The number of piperazine rings is 2. The lowest BCUT2D eigenvalue weighted by molar-refractivity contribution is -0.153. The van der Waals surface area contributed by atoms with E-state index < -0.39 is 11.8 Å². The number of aliphatic hydroxyl groups is 1. The Bertz CT molecular complexity index is 742. The highest BCUT2D eigenvalue weighted by atomic mass is 16.7. The molecule has 29 heavy (non-hydrogen) atoms. The fraction of sp³-hybridized carbons (Fsp3) is 0.600. The number of hydrogen-bond donors (Lipinski definition) is 1. The molecule has 2 saturated heterocycles. The molecule has 0 aliphatic carbocycles. The smallest absolute Gasteiger partial charge is 0.312 e. The van der Waals surface area contributed by atoms with E-state index in [-0.39, 0.29) is 13.4 Å². The fourth-order valence-corrected chi connectivity index (χ4v) is 3.99. The minimum Gasteiger partial charge on any atom is -0.454 e. The largest absolute Gasteiger partial charge is 0.454 e. The first-order valence-electron chi connectivity index (χ1n) is 10.2. The van der Waals surface area contributed by atoms with Crippen molar-refractivity contribution in [3.63, 3.8) is 0 Å². The number of aliphatic hydroxyl groups excluding tert-OH is 1. The minimum atomic E-state index is -0.405. The summed E-state index contributed by atoms with van der Waals surface area (Å²) in [6.07, 6.45) is 0. The van der Waals surface area contributed by atoms with Crippen molar-refractivity contribution >= 4 is 11.8 Å². The SMILES string of the molecule is O=C(C(=O)N1CCN(Cc2ccc3c(c2)OCO3)CC1)N1CCN(CCO)CC1. The van der Waals surface area contributed by atoms with Crippen LogP contribution < -0.4 is 9.47 Å². The second-order valence-electron chi connectivity index (χ2n) is 7.61. The predicted octanol–water partition coefficient (Wildman–Crippen LogP) is -0.804. The maximum absolute atomic E-state index is 12.6. The summed E-state index contributed by atoms with van der Waals surface area (Å²) in [5.41, 5.74) is 1.14. The van der Waals surface area contributed by atoms with E-state index in [1.165, 1.54) is 0 Å². The molecule has 0 atom stereocenters. The van der Waals surface area contributed by atoms with E-state index in [9.17, 15) is 9.59 Å². The molecule has 1 aromatic rings. The van der Waals surface area contributed by atoms with Crippen molar-refractivity contribution in [3.05, 3.63) is 23.8 Å². The number of rotatable bonds is 4. The number of carbonyl (C=O) groups is 2. The van der Waals surface area contributed by atoms with Gasteiger partial charge in [0.05, 0.1) is 6.61 Å². The van der Waals surface area contributed by atoms with Crippen LogP contribution in [-0.4, -0.2) is 109 Å². The van der Waals surface area contributed by atoms with E-state index in [4.69, 9.17) is 14.6 Å². The van der Waals surface area contributed by atoms with Crippen LogP contribution in [0.1, 0.15) is 5.56 Å². The standard InChI is InChI=1S/C20H28N4O5/c25-12-11-21-3-7-23(8-4-21)19(26)20(27)24-9-5-22(6-10-24)14-16-1-2-17-18(13-16)29-15-28-17/h1-2,13,25H,3-12,14-15H2. The number of nitrogens with zero attached hydrogens (tertiary/aromatic N) is 4. The van der Waals surface area contributed by atoms with Gasteiger partial charge in [-0.15, -0.1) is 0 Å². The summed E-state index contributed by atoms with van der Waals surface area (Å²) in [4.78, 5) is 32.9. The highest BCUT2D eigenvalue weighted by Gasteiger charge is 2.31. The molecular formula is C20H28N4O5. The van der Waals surface area contributed by atoms with Gasteiger partial charge in [0, 0.05) is 65.4 Å². The molecule has 3 heterocycles. The Morgan fingerprint density at radius 2 is 1.41 bits per heavy atom. The van der Waals surface area contributed by atoms with Gasteiger partial charge in [-0.3, -0.25) is 19.4 Å². The predicted molar refractivity (Wildman–Crippen MR) is 105 cm³/mol. The van der Waals surface area contributed by atoms with E-state index >= 15 is 0 Å². The van der Waals surface area contributed by atoms with E-state index in [0.717, 1.165) is 36.7 Å². The van der Waals surface area contributed by atoms with Crippen LogP contribution in [0, 0.1) is 0 Å². The zero-order valence-electron chi connectivity index (χ0n) is 16.6. The summed E-state index contributed by atoms with van der Waals surface area (Å²) in [6.45, 7) is 6.82. The van der Waals surface area contributed by atoms with E-state index in [0.29, 0.717) is 45.8 Å². The Hall–Kier alpha value is -2.36. The number of fused-ring (bicyclic) bond motifs is 1. The monoisotopic (exact) mass is 404 g/mol. The maximum atomic E-state index is 12.6. The lowest BCUT2D eigenvalue weighted by Gasteiger charge is -2.37. The summed E-state index contributed by atoms with van der Waals surface area (Å²) in [7, 11) is 0. The molecule has 1 N–H and O–H groups in total. The Morgan fingerprint density at radius 1 is 0.828 bits per heavy atom. The van der Waals surface area contributed by atoms with E-state index in [2.05, 4.69) is 9.80 Å². The number of β-amino-alcohol motifs (C(OH)–C–C–N with tert-alkyl or cyclic N) is 1. The van der Waals surface area contributed by atoms with Gasteiger partial charge in [0.25, 0.3) is 0 Å². The topological polar surface area (TPSA) is 85.8 Å². The third-order valence-electron chi connectivity index (χ3n) is 5.76. The van der Waals surface area contributed by atoms with Gasteiger partial charge in [0.1, 0.15) is 0 Å². The van der Waals surface area contributed by atoms with Gasteiger partial charge < -0.3 is 24.4 Å². The van der Waals surface area contributed by atoms with Gasteiger partial charge in [0.2, 0.25) is 6.79 Å². The number of carbonyl (C=O) groups excluding carboxylic acids is 2. The van der Waals surface area contributed by atoms with Gasteiger partial charge in [-0.1, -0.05) is 6.07 Å². The normalized spacial score (nSPS) is 20.2. The quantitative estimate of drug-likeness (QED) is 0.658. The van der Waals surface area contributed by atoms with Gasteiger partial charge in [-0.2, -0.15) is 0 Å². The van der Waals surface area contributed by atoms with Crippen molar-refractivity contribution in [2.75, 3.05) is 72.3 Å². The van der Waals surface area contributed by atoms with Crippen LogP contribution in [0.3, 0.4) is 0 Å². The highest BCUT2D eigenvalue weighted by Crippen LogP contribution is 2.32. The molecule has 0 unspecified atom stereocenters. The van der Waals surface area contributed by atoms with Crippen molar-refractivity contribution in [2.45, 2.75) is 6.54 Å². The van der Waals surface area contributed by atoms with Crippen LogP contribution in [0.5, 0.6) is 11.5 Å². The summed E-state index contributed by atoms with van der Waals surface area (Å²) in [5, 5.41) is 9.01. The lowest BCUT2D eigenvalue weighted by atomic mass is 10.1. The van der Waals surface area contributed by atoms with Crippen LogP contribution in [0.15, 0.2) is 18.2 Å². The molecule has 0 saturated carbocycles. The molecule has 4 rings (SSSR count). The second kappa shape index (κ2) is 8.98. The molecule has 0 spiro atoms. The zero-order chi connectivity index (χ0) is 20.2. The third kappa shape index (κ3) is 4.63.